The molecule has 0 amide bonds. The Kier molecular flexibility index (Phi) is 6.12. The van der Waals surface area contributed by atoms with Crippen LogP contribution in [0.2, 0.25) is 0 Å². The zero-order valence-corrected chi connectivity index (χ0v) is 18.9. The largest absolute Gasteiger partial charge is 0.496 e. The first-order valence-corrected chi connectivity index (χ1v) is 11.5. The van der Waals surface area contributed by atoms with E-state index < -0.39 is 6.61 Å². The van der Waals surface area contributed by atoms with Gasteiger partial charge in [0.15, 0.2) is 5.78 Å². The second-order valence-corrected chi connectivity index (χ2v) is 9.05. The summed E-state index contributed by atoms with van der Waals surface area (Å²) in [5.74, 6) is 1.24. The van der Waals surface area contributed by atoms with Gasteiger partial charge in [0.25, 0.3) is 0 Å². The van der Waals surface area contributed by atoms with Crippen LogP contribution in [-0.4, -0.2) is 41.5 Å². The van der Waals surface area contributed by atoms with Crippen molar-refractivity contribution in [2.45, 2.75) is 44.8 Å². The molecule has 1 atom stereocenters. The van der Waals surface area contributed by atoms with Gasteiger partial charge < -0.3 is 19.9 Å². The Balaban J connectivity index is 1.46. The number of alkyl halides is 2. The van der Waals surface area contributed by atoms with Crippen molar-refractivity contribution in [2.24, 2.45) is 17.6 Å². The molecule has 1 aromatic carbocycles. The summed E-state index contributed by atoms with van der Waals surface area (Å²) in [6.07, 6.45) is 7.95. The van der Waals surface area contributed by atoms with Crippen molar-refractivity contribution in [2.75, 3.05) is 13.7 Å². The molecule has 2 N–H and O–H groups in total. The van der Waals surface area contributed by atoms with E-state index >= 15 is 0 Å². The molecule has 1 unspecified atom stereocenters. The van der Waals surface area contributed by atoms with Gasteiger partial charge in [0, 0.05) is 30.3 Å². The molecule has 2 aliphatic rings. The minimum Gasteiger partial charge on any atom is -0.496 e. The Morgan fingerprint density at radius 3 is 2.65 bits per heavy atom. The molecular formula is C25H27F2N3O4. The fourth-order valence-electron chi connectivity index (χ4n) is 4.17. The Morgan fingerprint density at radius 1 is 1.21 bits per heavy atom. The van der Waals surface area contributed by atoms with Gasteiger partial charge in [-0.15, -0.1) is 0 Å². The number of ketones is 1. The normalized spacial score (nSPS) is 16.6. The number of aromatic nitrogens is 2. The summed E-state index contributed by atoms with van der Waals surface area (Å²) in [6.45, 7) is -2.63. The van der Waals surface area contributed by atoms with Crippen LogP contribution in [0.3, 0.4) is 0 Å². The first-order chi connectivity index (χ1) is 16.4. The average Bonchev–Trinajstić information content (AvgIpc) is 3.74. The number of rotatable bonds is 11. The van der Waals surface area contributed by atoms with E-state index in [0.717, 1.165) is 25.7 Å². The van der Waals surface area contributed by atoms with Gasteiger partial charge in [0.2, 0.25) is 0 Å². The molecule has 34 heavy (non-hydrogen) atoms. The maximum atomic E-state index is 13.2. The van der Waals surface area contributed by atoms with E-state index in [0.29, 0.717) is 41.1 Å². The third kappa shape index (κ3) is 4.84. The summed E-state index contributed by atoms with van der Waals surface area (Å²) in [4.78, 5) is 17.3. The van der Waals surface area contributed by atoms with Gasteiger partial charge in [-0.2, -0.15) is 8.78 Å². The van der Waals surface area contributed by atoms with Crippen LogP contribution < -0.4 is 19.9 Å². The lowest BCUT2D eigenvalue weighted by atomic mass is 10.00. The van der Waals surface area contributed by atoms with E-state index in [1.807, 2.05) is 0 Å². The summed E-state index contributed by atoms with van der Waals surface area (Å²) >= 11 is 0. The summed E-state index contributed by atoms with van der Waals surface area (Å²) < 4.78 is 44.3. The molecular weight excluding hydrogens is 444 g/mol. The number of benzene rings is 1. The van der Waals surface area contributed by atoms with E-state index in [1.165, 1.54) is 13.2 Å². The molecule has 0 spiro atoms. The first kappa shape index (κ1) is 22.6. The van der Waals surface area contributed by atoms with Crippen molar-refractivity contribution in [1.82, 2.24) is 9.38 Å². The van der Waals surface area contributed by atoms with Crippen LogP contribution in [-0.2, 0) is 0 Å². The molecule has 3 aromatic rings. The zero-order valence-electron chi connectivity index (χ0n) is 18.9. The van der Waals surface area contributed by atoms with Crippen LogP contribution in [0, 0.1) is 11.8 Å². The molecule has 2 aromatic heterocycles. The predicted molar refractivity (Wildman–Crippen MR) is 122 cm³/mol. The minimum atomic E-state index is -3.07. The summed E-state index contributed by atoms with van der Waals surface area (Å²) in [5, 5.41) is 0. The highest BCUT2D eigenvalue weighted by molar-refractivity contribution is 6.02. The molecule has 9 heteroatoms. The van der Waals surface area contributed by atoms with Crippen molar-refractivity contribution < 1.29 is 27.8 Å². The minimum absolute atomic E-state index is 0.0217. The van der Waals surface area contributed by atoms with Crippen LogP contribution in [0.4, 0.5) is 8.78 Å². The molecule has 180 valence electrons. The van der Waals surface area contributed by atoms with Crippen LogP contribution >= 0.6 is 0 Å². The molecule has 0 aliphatic heterocycles. The summed E-state index contributed by atoms with van der Waals surface area (Å²) in [6, 6.07) is 6.72. The highest BCUT2D eigenvalue weighted by Crippen LogP contribution is 2.40. The number of fused-ring (bicyclic) bond motifs is 1. The van der Waals surface area contributed by atoms with Crippen LogP contribution in [0.1, 0.15) is 42.5 Å². The molecule has 0 bridgehead atoms. The lowest BCUT2D eigenvalue weighted by Gasteiger charge is -2.16. The van der Waals surface area contributed by atoms with Crippen LogP contribution in [0.5, 0.6) is 17.2 Å². The Bertz CT molecular complexity index is 1200. The number of Topliss-reactive ketones (excluding diaryl/α,β-unsaturated/α-hetero) is 1. The van der Waals surface area contributed by atoms with E-state index in [-0.39, 0.29) is 35.3 Å². The number of nitrogens with zero attached hydrogens (tertiary/aromatic N) is 2. The third-order valence-electron chi connectivity index (χ3n) is 6.40. The summed E-state index contributed by atoms with van der Waals surface area (Å²) in [7, 11) is 1.41. The fraction of sp³-hybridized carbons (Fsp3) is 0.440. The maximum Gasteiger partial charge on any atom is 0.387 e. The Hall–Kier alpha value is -3.20. The number of pyridine rings is 1. The molecule has 2 saturated carbocycles. The average molecular weight is 472 g/mol. The summed E-state index contributed by atoms with van der Waals surface area (Å²) in [5.41, 5.74) is 7.95. The number of nitrogens with two attached hydrogens (primary N) is 1. The monoisotopic (exact) mass is 471 g/mol. The number of imidazole rings is 1. The molecule has 0 radical (unpaired) electrons. The van der Waals surface area contributed by atoms with E-state index in [2.05, 4.69) is 4.98 Å². The van der Waals surface area contributed by atoms with Gasteiger partial charge in [-0.1, -0.05) is 0 Å². The highest BCUT2D eigenvalue weighted by Gasteiger charge is 2.30. The number of halogens is 2. The number of ether oxygens (including phenoxy) is 3. The molecule has 5 rings (SSSR count). The van der Waals surface area contributed by atoms with Gasteiger partial charge in [0.05, 0.1) is 19.0 Å². The van der Waals surface area contributed by atoms with E-state index in [4.69, 9.17) is 19.9 Å². The SMILES string of the molecule is COc1cc(-c2cnc3cc(OCC(N)C4CC4)ccn23)cc(OC(F)F)c1C(=O)CC1CC1. The van der Waals surface area contributed by atoms with E-state index in [1.54, 1.807) is 35.0 Å². The molecule has 2 heterocycles. The van der Waals surface area contributed by atoms with Crippen molar-refractivity contribution in [1.29, 1.82) is 0 Å². The zero-order chi connectivity index (χ0) is 23.8. The number of methoxy groups -OCH3 is 1. The quantitative estimate of drug-likeness (QED) is 0.408. The van der Waals surface area contributed by atoms with Crippen molar-refractivity contribution in [3.05, 3.63) is 42.2 Å². The van der Waals surface area contributed by atoms with Gasteiger partial charge in [0.1, 0.15) is 35.1 Å². The van der Waals surface area contributed by atoms with Crippen molar-refractivity contribution >= 4 is 11.4 Å². The molecule has 0 saturated heterocycles. The van der Waals surface area contributed by atoms with Crippen LogP contribution in [0.15, 0.2) is 36.7 Å². The molecule has 7 nitrogen and oxygen atoms in total. The van der Waals surface area contributed by atoms with Crippen molar-refractivity contribution in [3.8, 4) is 28.5 Å². The highest BCUT2D eigenvalue weighted by atomic mass is 19.3. The lowest BCUT2D eigenvalue weighted by molar-refractivity contribution is -0.0502. The fourth-order valence-corrected chi connectivity index (χ4v) is 4.17. The second-order valence-electron chi connectivity index (χ2n) is 9.05. The van der Waals surface area contributed by atoms with Crippen molar-refractivity contribution in [3.63, 3.8) is 0 Å². The Labute approximate surface area is 195 Å². The van der Waals surface area contributed by atoms with E-state index in [9.17, 15) is 13.6 Å². The van der Waals surface area contributed by atoms with Gasteiger partial charge >= 0.3 is 6.61 Å². The lowest BCUT2D eigenvalue weighted by Crippen LogP contribution is -2.29. The smallest absolute Gasteiger partial charge is 0.387 e. The molecule has 2 fully saturated rings. The first-order valence-electron chi connectivity index (χ1n) is 11.5. The third-order valence-corrected chi connectivity index (χ3v) is 6.40. The van der Waals surface area contributed by atoms with Gasteiger partial charge in [-0.05, 0) is 55.7 Å². The number of hydrogen-bond acceptors (Lipinski definition) is 6. The maximum absolute atomic E-state index is 13.2. The van der Waals surface area contributed by atoms with Gasteiger partial charge in [-0.3, -0.25) is 9.20 Å². The van der Waals surface area contributed by atoms with Crippen LogP contribution in [0.25, 0.3) is 16.9 Å². The second kappa shape index (κ2) is 9.21. The number of hydrogen-bond donors (Lipinski definition) is 1. The Morgan fingerprint density at radius 2 is 1.97 bits per heavy atom. The standard InChI is InChI=1S/C25H27F2N3O4/c1-32-21-9-16(10-22(34-25(26)27)24(21)20(31)8-14-2-3-14)19-12-29-23-11-17(6-7-30(19)23)33-13-18(28)15-4-5-15/h6-7,9-12,14-15,18,25H,2-5,8,13,28H2,1H3. The van der Waals surface area contributed by atoms with Gasteiger partial charge in [-0.25, -0.2) is 4.98 Å². The number of carbonyl (C=O) groups excluding carboxylic acids is 1. The topological polar surface area (TPSA) is 88.1 Å². The predicted octanol–water partition coefficient (Wildman–Crippen LogP) is 4.71. The molecule has 2 aliphatic carbocycles. The number of carbonyl (C=O) groups is 1.